The number of hydrogen-bond acceptors (Lipinski definition) is 2. The third-order valence-electron chi connectivity index (χ3n) is 2.88. The van der Waals surface area contributed by atoms with Gasteiger partial charge < -0.3 is 5.32 Å². The Hall–Kier alpha value is -2.36. The smallest absolute Gasteiger partial charge is 0.307 e. The van der Waals surface area contributed by atoms with Gasteiger partial charge in [-0.1, -0.05) is 18.2 Å². The molecule has 1 aromatic carbocycles. The fraction of sp³-hybridized carbons (Fsp3) is 0.200. The van der Waals surface area contributed by atoms with Crippen LogP contribution in [-0.2, 0) is 0 Å². The van der Waals surface area contributed by atoms with Gasteiger partial charge in [-0.15, -0.1) is 0 Å². The molecule has 0 saturated heterocycles. The molecule has 0 fully saturated rings. The lowest BCUT2D eigenvalue weighted by molar-refractivity contribution is 0.262. The Balaban J connectivity index is 2.10. The van der Waals surface area contributed by atoms with Crippen molar-refractivity contribution in [3.05, 3.63) is 53.2 Å². The largest absolute Gasteiger partial charge is 0.324 e. The summed E-state index contributed by atoms with van der Waals surface area (Å²) in [5, 5.41) is 5.58. The Kier molecular flexibility index (Phi) is 3.80. The third kappa shape index (κ3) is 3.31. The quantitative estimate of drug-likeness (QED) is 0.860. The van der Waals surface area contributed by atoms with Crippen molar-refractivity contribution in [3.63, 3.8) is 0 Å². The Morgan fingerprint density at radius 3 is 2.58 bits per heavy atom. The Bertz CT molecular complexity index is 608. The molecule has 0 atom stereocenters. The number of hydrogen-bond donors (Lipinski definition) is 2. The molecule has 0 radical (unpaired) electrons. The van der Waals surface area contributed by atoms with Crippen molar-refractivity contribution in [2.24, 2.45) is 0 Å². The summed E-state index contributed by atoms with van der Waals surface area (Å²) >= 11 is 0. The second kappa shape index (κ2) is 5.52. The first-order valence-electron chi connectivity index (χ1n) is 6.13. The number of pyridine rings is 1. The normalized spacial score (nSPS) is 10.1. The molecule has 1 heterocycles. The van der Waals surface area contributed by atoms with E-state index >= 15 is 0 Å². The average molecular weight is 255 g/mol. The molecule has 0 aliphatic carbocycles. The molecule has 2 N–H and O–H groups in total. The van der Waals surface area contributed by atoms with Gasteiger partial charge in [0, 0.05) is 11.9 Å². The summed E-state index contributed by atoms with van der Waals surface area (Å²) < 4.78 is 0. The van der Waals surface area contributed by atoms with E-state index in [9.17, 15) is 4.79 Å². The molecule has 0 bridgehead atoms. The van der Waals surface area contributed by atoms with E-state index in [1.54, 1.807) is 6.20 Å². The first-order valence-corrected chi connectivity index (χ1v) is 6.13. The van der Waals surface area contributed by atoms with Gasteiger partial charge in [0.25, 0.3) is 0 Å². The lowest BCUT2D eigenvalue weighted by Gasteiger charge is -2.11. The summed E-state index contributed by atoms with van der Waals surface area (Å²) in [5.74, 6) is 0.574. The van der Waals surface area contributed by atoms with Crippen LogP contribution in [-0.4, -0.2) is 11.0 Å². The van der Waals surface area contributed by atoms with Gasteiger partial charge in [0.05, 0.1) is 0 Å². The van der Waals surface area contributed by atoms with Crippen LogP contribution >= 0.6 is 0 Å². The van der Waals surface area contributed by atoms with Gasteiger partial charge in [-0.05, 0) is 49.6 Å². The first-order chi connectivity index (χ1) is 9.06. The topological polar surface area (TPSA) is 54.0 Å². The van der Waals surface area contributed by atoms with Gasteiger partial charge in [-0.3, -0.25) is 5.32 Å². The van der Waals surface area contributed by atoms with Crippen LogP contribution in [0.2, 0.25) is 0 Å². The van der Waals surface area contributed by atoms with Gasteiger partial charge in [0.2, 0.25) is 0 Å². The second-order valence-electron chi connectivity index (χ2n) is 4.57. The number of rotatable bonds is 2. The van der Waals surface area contributed by atoms with Crippen molar-refractivity contribution in [2.45, 2.75) is 20.8 Å². The maximum Gasteiger partial charge on any atom is 0.324 e. The van der Waals surface area contributed by atoms with Crippen molar-refractivity contribution < 1.29 is 4.79 Å². The minimum Gasteiger partial charge on any atom is -0.307 e. The van der Waals surface area contributed by atoms with Crippen LogP contribution in [0.15, 0.2) is 36.5 Å². The average Bonchev–Trinajstić information content (AvgIpc) is 2.37. The predicted molar refractivity (Wildman–Crippen MR) is 77.5 cm³/mol. The standard InChI is InChI=1S/C15H17N3O/c1-10-6-7-11(2)13(9-10)17-15(19)18-14-12(3)5-4-8-16-14/h4-9H,1-3H3,(H2,16,17,18,19). The molecule has 98 valence electrons. The second-order valence-corrected chi connectivity index (χ2v) is 4.57. The van der Waals surface area contributed by atoms with Gasteiger partial charge >= 0.3 is 6.03 Å². The summed E-state index contributed by atoms with van der Waals surface area (Å²) in [6.07, 6.45) is 1.65. The van der Waals surface area contributed by atoms with Gasteiger partial charge in [-0.25, -0.2) is 9.78 Å². The molecule has 2 amide bonds. The van der Waals surface area contributed by atoms with E-state index in [0.717, 1.165) is 22.4 Å². The van der Waals surface area contributed by atoms with Crippen LogP contribution in [0.3, 0.4) is 0 Å². The lowest BCUT2D eigenvalue weighted by Crippen LogP contribution is -2.21. The number of aromatic nitrogens is 1. The van der Waals surface area contributed by atoms with Crippen molar-refractivity contribution >= 4 is 17.5 Å². The van der Waals surface area contributed by atoms with Gasteiger partial charge in [0.1, 0.15) is 5.82 Å². The number of benzene rings is 1. The minimum absolute atomic E-state index is 0.282. The Morgan fingerprint density at radius 1 is 1.05 bits per heavy atom. The van der Waals surface area contributed by atoms with Gasteiger partial charge in [-0.2, -0.15) is 0 Å². The van der Waals surface area contributed by atoms with E-state index in [0.29, 0.717) is 5.82 Å². The van der Waals surface area contributed by atoms with Crippen LogP contribution in [0.1, 0.15) is 16.7 Å². The molecular weight excluding hydrogens is 238 g/mol. The monoisotopic (exact) mass is 255 g/mol. The zero-order chi connectivity index (χ0) is 13.8. The van der Waals surface area contributed by atoms with Gasteiger partial charge in [0.15, 0.2) is 0 Å². The third-order valence-corrected chi connectivity index (χ3v) is 2.88. The summed E-state index contributed by atoms with van der Waals surface area (Å²) in [7, 11) is 0. The highest BCUT2D eigenvalue weighted by atomic mass is 16.2. The summed E-state index contributed by atoms with van der Waals surface area (Å²) in [6.45, 7) is 5.85. The maximum absolute atomic E-state index is 11.9. The molecular formula is C15H17N3O. The molecule has 0 spiro atoms. The zero-order valence-corrected chi connectivity index (χ0v) is 11.3. The maximum atomic E-state index is 11.9. The molecule has 0 aliphatic rings. The summed E-state index contributed by atoms with van der Waals surface area (Å²) in [5.41, 5.74) is 3.87. The van der Waals surface area contributed by atoms with Crippen LogP contribution < -0.4 is 10.6 Å². The number of urea groups is 1. The van der Waals surface area contributed by atoms with E-state index in [1.807, 2.05) is 51.1 Å². The fourth-order valence-electron chi connectivity index (χ4n) is 1.75. The van der Waals surface area contributed by atoms with Crippen LogP contribution in [0.5, 0.6) is 0 Å². The summed E-state index contributed by atoms with van der Waals surface area (Å²) in [4.78, 5) is 16.1. The Morgan fingerprint density at radius 2 is 1.84 bits per heavy atom. The number of carbonyl (C=O) groups excluding carboxylic acids is 1. The van der Waals surface area contributed by atoms with E-state index in [2.05, 4.69) is 15.6 Å². The highest BCUT2D eigenvalue weighted by molar-refractivity contribution is 6.00. The zero-order valence-electron chi connectivity index (χ0n) is 11.3. The molecule has 1 aromatic heterocycles. The number of aryl methyl sites for hydroxylation is 3. The van der Waals surface area contributed by atoms with Crippen molar-refractivity contribution in [1.82, 2.24) is 4.98 Å². The molecule has 4 nitrogen and oxygen atoms in total. The van der Waals surface area contributed by atoms with Crippen molar-refractivity contribution in [3.8, 4) is 0 Å². The number of nitrogens with zero attached hydrogens (tertiary/aromatic N) is 1. The van der Waals surface area contributed by atoms with Crippen LogP contribution in [0, 0.1) is 20.8 Å². The molecule has 19 heavy (non-hydrogen) atoms. The van der Waals surface area contributed by atoms with Crippen molar-refractivity contribution in [2.75, 3.05) is 10.6 Å². The van der Waals surface area contributed by atoms with Crippen LogP contribution in [0.25, 0.3) is 0 Å². The molecule has 2 aromatic rings. The molecule has 4 heteroatoms. The van der Waals surface area contributed by atoms with E-state index < -0.39 is 0 Å². The van der Waals surface area contributed by atoms with Crippen LogP contribution in [0.4, 0.5) is 16.3 Å². The van der Waals surface area contributed by atoms with E-state index in [-0.39, 0.29) is 6.03 Å². The molecule has 0 aliphatic heterocycles. The highest BCUT2D eigenvalue weighted by Gasteiger charge is 2.07. The lowest BCUT2D eigenvalue weighted by atomic mass is 10.1. The van der Waals surface area contributed by atoms with E-state index in [4.69, 9.17) is 0 Å². The fourth-order valence-corrected chi connectivity index (χ4v) is 1.75. The Labute approximate surface area is 112 Å². The van der Waals surface area contributed by atoms with Crippen molar-refractivity contribution in [1.29, 1.82) is 0 Å². The van der Waals surface area contributed by atoms with E-state index in [1.165, 1.54) is 0 Å². The first kappa shape index (κ1) is 13.1. The summed E-state index contributed by atoms with van der Waals surface area (Å²) in [6, 6.07) is 9.40. The number of anilines is 2. The number of nitrogens with one attached hydrogen (secondary N) is 2. The molecule has 0 saturated carbocycles. The number of carbonyl (C=O) groups is 1. The molecule has 2 rings (SSSR count). The predicted octanol–water partition coefficient (Wildman–Crippen LogP) is 3.65. The number of amides is 2. The minimum atomic E-state index is -0.282. The molecule has 0 unspecified atom stereocenters. The highest BCUT2D eigenvalue weighted by Crippen LogP contribution is 2.17. The SMILES string of the molecule is Cc1ccc(C)c(NC(=O)Nc2ncccc2C)c1.